The largest absolute Gasteiger partial charge is 0.345 e. The first-order valence-corrected chi connectivity index (χ1v) is 6.43. The predicted molar refractivity (Wildman–Crippen MR) is 72.0 cm³/mol. The zero-order valence-corrected chi connectivity index (χ0v) is 10.4. The highest BCUT2D eigenvalue weighted by molar-refractivity contribution is 5.94. The van der Waals surface area contributed by atoms with Crippen molar-refractivity contribution in [3.8, 4) is 11.8 Å². The lowest BCUT2D eigenvalue weighted by Gasteiger charge is -2.08. The van der Waals surface area contributed by atoms with Gasteiger partial charge in [-0.05, 0) is 37.9 Å². The van der Waals surface area contributed by atoms with Crippen molar-refractivity contribution in [1.29, 1.82) is 0 Å². The fraction of sp³-hybridized carbons (Fsp3) is 0.400. The summed E-state index contributed by atoms with van der Waals surface area (Å²) in [6.07, 6.45) is 3.44. The monoisotopic (exact) mass is 242 g/mol. The quantitative estimate of drug-likeness (QED) is 0.784. The zero-order chi connectivity index (χ0) is 12.6. The third-order valence-corrected chi connectivity index (χ3v) is 3.03. The van der Waals surface area contributed by atoms with E-state index in [-0.39, 0.29) is 5.91 Å². The Hall–Kier alpha value is -1.79. The van der Waals surface area contributed by atoms with Crippen molar-refractivity contribution in [3.05, 3.63) is 35.9 Å². The molecule has 94 valence electrons. The summed E-state index contributed by atoms with van der Waals surface area (Å²) >= 11 is 0. The SMILES string of the molecule is O=C(C#Cc1ccccc1)NCCC1CCCN1. The number of carbonyl (C=O) groups is 1. The van der Waals surface area contributed by atoms with Crippen molar-refractivity contribution < 1.29 is 4.79 Å². The van der Waals surface area contributed by atoms with Gasteiger partial charge in [0.15, 0.2) is 0 Å². The molecule has 1 unspecified atom stereocenters. The second-order valence-electron chi connectivity index (χ2n) is 4.45. The Morgan fingerprint density at radius 1 is 1.39 bits per heavy atom. The summed E-state index contributed by atoms with van der Waals surface area (Å²) in [5.74, 6) is 5.25. The van der Waals surface area contributed by atoms with E-state index in [0.29, 0.717) is 12.6 Å². The maximum Gasteiger partial charge on any atom is 0.296 e. The number of amides is 1. The number of benzene rings is 1. The van der Waals surface area contributed by atoms with Gasteiger partial charge in [0.25, 0.3) is 5.91 Å². The van der Waals surface area contributed by atoms with Gasteiger partial charge in [0.05, 0.1) is 0 Å². The van der Waals surface area contributed by atoms with Crippen LogP contribution in [0.25, 0.3) is 0 Å². The van der Waals surface area contributed by atoms with Crippen LogP contribution >= 0.6 is 0 Å². The van der Waals surface area contributed by atoms with Crippen LogP contribution in [0.1, 0.15) is 24.8 Å². The van der Waals surface area contributed by atoms with Crippen LogP contribution < -0.4 is 10.6 Å². The van der Waals surface area contributed by atoms with Gasteiger partial charge in [0.1, 0.15) is 0 Å². The summed E-state index contributed by atoms with van der Waals surface area (Å²) in [7, 11) is 0. The first-order valence-electron chi connectivity index (χ1n) is 6.43. The second kappa shape index (κ2) is 6.83. The molecule has 3 nitrogen and oxygen atoms in total. The lowest BCUT2D eigenvalue weighted by Crippen LogP contribution is -2.29. The van der Waals surface area contributed by atoms with Crippen LogP contribution in [0.4, 0.5) is 0 Å². The summed E-state index contributed by atoms with van der Waals surface area (Å²) in [6, 6.07) is 10.1. The average molecular weight is 242 g/mol. The van der Waals surface area contributed by atoms with Gasteiger partial charge >= 0.3 is 0 Å². The average Bonchev–Trinajstić information content (AvgIpc) is 2.91. The molecule has 1 fully saturated rings. The fourth-order valence-electron chi connectivity index (χ4n) is 2.06. The normalized spacial score (nSPS) is 17.9. The van der Waals surface area contributed by atoms with Gasteiger partial charge in [-0.25, -0.2) is 0 Å². The standard InChI is InChI=1S/C15H18N2O/c18-15(9-8-13-5-2-1-3-6-13)17-12-10-14-7-4-11-16-14/h1-3,5-6,14,16H,4,7,10-12H2,(H,17,18). The van der Waals surface area contributed by atoms with E-state index in [4.69, 9.17) is 0 Å². The summed E-state index contributed by atoms with van der Waals surface area (Å²) in [5.41, 5.74) is 0.866. The fourth-order valence-corrected chi connectivity index (χ4v) is 2.06. The van der Waals surface area contributed by atoms with Gasteiger partial charge < -0.3 is 10.6 Å². The molecule has 0 radical (unpaired) electrons. The van der Waals surface area contributed by atoms with Crippen LogP contribution in [0.2, 0.25) is 0 Å². The Morgan fingerprint density at radius 3 is 2.94 bits per heavy atom. The maximum absolute atomic E-state index is 11.5. The molecular formula is C15H18N2O. The highest BCUT2D eigenvalue weighted by Gasteiger charge is 2.13. The van der Waals surface area contributed by atoms with Crippen molar-refractivity contribution in [1.82, 2.24) is 10.6 Å². The molecule has 0 bridgehead atoms. The molecule has 1 aliphatic rings. The highest BCUT2D eigenvalue weighted by atomic mass is 16.1. The highest BCUT2D eigenvalue weighted by Crippen LogP contribution is 2.07. The van der Waals surface area contributed by atoms with E-state index in [2.05, 4.69) is 22.5 Å². The summed E-state index contributed by atoms with van der Waals surface area (Å²) in [4.78, 5) is 11.5. The Labute approximate surface area is 108 Å². The van der Waals surface area contributed by atoms with E-state index in [1.807, 2.05) is 30.3 Å². The molecule has 0 aromatic heterocycles. The van der Waals surface area contributed by atoms with Crippen molar-refractivity contribution in [3.63, 3.8) is 0 Å². The molecule has 0 saturated carbocycles. The Bertz CT molecular complexity index is 439. The van der Waals surface area contributed by atoms with E-state index >= 15 is 0 Å². The molecule has 1 atom stereocenters. The second-order valence-corrected chi connectivity index (χ2v) is 4.45. The minimum absolute atomic E-state index is 0.197. The number of nitrogens with one attached hydrogen (secondary N) is 2. The first-order chi connectivity index (χ1) is 8.84. The van der Waals surface area contributed by atoms with Crippen molar-refractivity contribution in [2.45, 2.75) is 25.3 Å². The molecule has 18 heavy (non-hydrogen) atoms. The molecule has 1 aromatic carbocycles. The molecule has 2 N–H and O–H groups in total. The molecule has 1 amide bonds. The van der Waals surface area contributed by atoms with Gasteiger partial charge in [0.2, 0.25) is 0 Å². The van der Waals surface area contributed by atoms with Crippen molar-refractivity contribution in [2.75, 3.05) is 13.1 Å². The van der Waals surface area contributed by atoms with Gasteiger partial charge in [-0.15, -0.1) is 0 Å². The lowest BCUT2D eigenvalue weighted by atomic mass is 10.1. The Balaban J connectivity index is 1.70. The van der Waals surface area contributed by atoms with E-state index in [1.165, 1.54) is 12.8 Å². The van der Waals surface area contributed by atoms with Crippen molar-refractivity contribution in [2.24, 2.45) is 0 Å². The molecule has 3 heteroatoms. The molecule has 1 saturated heterocycles. The summed E-state index contributed by atoms with van der Waals surface area (Å²) < 4.78 is 0. The van der Waals surface area contributed by atoms with Crippen LogP contribution in [-0.4, -0.2) is 25.0 Å². The number of hydrogen-bond acceptors (Lipinski definition) is 2. The van der Waals surface area contributed by atoms with Crippen LogP contribution in [0.5, 0.6) is 0 Å². The Morgan fingerprint density at radius 2 is 2.22 bits per heavy atom. The maximum atomic E-state index is 11.5. The molecule has 1 aliphatic heterocycles. The van der Waals surface area contributed by atoms with Gasteiger partial charge in [0, 0.05) is 24.1 Å². The summed E-state index contributed by atoms with van der Waals surface area (Å²) in [5, 5.41) is 6.23. The van der Waals surface area contributed by atoms with E-state index in [0.717, 1.165) is 18.5 Å². The Kier molecular flexibility index (Phi) is 4.80. The topological polar surface area (TPSA) is 41.1 Å². The summed E-state index contributed by atoms with van der Waals surface area (Å²) in [6.45, 7) is 1.80. The minimum atomic E-state index is -0.197. The van der Waals surface area contributed by atoms with Gasteiger partial charge in [-0.2, -0.15) is 0 Å². The third kappa shape index (κ3) is 4.23. The van der Waals surface area contributed by atoms with Crippen LogP contribution in [-0.2, 0) is 4.79 Å². The van der Waals surface area contributed by atoms with Crippen LogP contribution in [0.3, 0.4) is 0 Å². The molecular weight excluding hydrogens is 224 g/mol. The zero-order valence-electron chi connectivity index (χ0n) is 10.4. The molecule has 1 aromatic rings. The first kappa shape index (κ1) is 12.7. The molecule has 0 spiro atoms. The molecule has 0 aliphatic carbocycles. The third-order valence-electron chi connectivity index (χ3n) is 3.03. The number of hydrogen-bond donors (Lipinski definition) is 2. The molecule has 2 rings (SSSR count). The van der Waals surface area contributed by atoms with Gasteiger partial charge in [-0.3, -0.25) is 4.79 Å². The van der Waals surface area contributed by atoms with Crippen LogP contribution in [0.15, 0.2) is 30.3 Å². The van der Waals surface area contributed by atoms with Gasteiger partial charge in [-0.1, -0.05) is 24.1 Å². The van der Waals surface area contributed by atoms with E-state index < -0.39 is 0 Å². The molecule has 1 heterocycles. The van der Waals surface area contributed by atoms with E-state index in [9.17, 15) is 4.79 Å². The van der Waals surface area contributed by atoms with Crippen LogP contribution in [0, 0.1) is 11.8 Å². The van der Waals surface area contributed by atoms with E-state index in [1.54, 1.807) is 0 Å². The lowest BCUT2D eigenvalue weighted by molar-refractivity contribution is -0.115. The number of rotatable bonds is 3. The minimum Gasteiger partial charge on any atom is -0.345 e. The number of carbonyl (C=O) groups excluding carboxylic acids is 1. The predicted octanol–water partition coefficient (Wildman–Crippen LogP) is 1.30. The smallest absolute Gasteiger partial charge is 0.296 e. The van der Waals surface area contributed by atoms with Crippen molar-refractivity contribution >= 4 is 5.91 Å².